The van der Waals surface area contributed by atoms with Crippen LogP contribution in [0.2, 0.25) is 0 Å². The van der Waals surface area contributed by atoms with E-state index in [2.05, 4.69) is 4.84 Å². The van der Waals surface area contributed by atoms with Crippen LogP contribution in [0.25, 0.3) is 0 Å². The van der Waals surface area contributed by atoms with Gasteiger partial charge in [-0.05, 0) is 12.3 Å². The van der Waals surface area contributed by atoms with Crippen molar-refractivity contribution in [1.82, 2.24) is 5.06 Å². The summed E-state index contributed by atoms with van der Waals surface area (Å²) >= 11 is 0. The standard InChI is InChI=1S/C10H16N2O4/c1-6(2)5-7(11)10(15)16-12-8(13)3-4-9(12)14/h6-7H,3-5,11H2,1-2H3/i10+1,11+1. The number of rotatable bonds is 4. The molecule has 0 spiro atoms. The SMILES string of the molecule is CC(C)CC([15NH2])[13C](=O)ON1C(=O)CCC1=O. The van der Waals surface area contributed by atoms with E-state index in [1.165, 1.54) is 0 Å². The first-order valence-electron chi connectivity index (χ1n) is 5.25. The lowest BCUT2D eigenvalue weighted by Crippen LogP contribution is -2.40. The zero-order valence-electron chi connectivity index (χ0n) is 9.43. The summed E-state index contributed by atoms with van der Waals surface area (Å²) in [5, 5.41) is 0.516. The van der Waals surface area contributed by atoms with Crippen molar-refractivity contribution in [1.29, 1.82) is 0 Å². The molecule has 0 saturated carbocycles. The van der Waals surface area contributed by atoms with Gasteiger partial charge in [0.2, 0.25) is 0 Å². The summed E-state index contributed by atoms with van der Waals surface area (Å²) in [4.78, 5) is 38.4. The first kappa shape index (κ1) is 12.6. The Morgan fingerprint density at radius 3 is 2.31 bits per heavy atom. The summed E-state index contributed by atoms with van der Waals surface area (Å²) in [6, 6.07) is -0.804. The fourth-order valence-electron chi connectivity index (χ4n) is 1.42. The van der Waals surface area contributed by atoms with Crippen LogP contribution in [0.1, 0.15) is 33.1 Å². The number of nitrogens with zero attached hydrogens (tertiary/aromatic N) is 1. The zero-order valence-corrected chi connectivity index (χ0v) is 9.43. The Morgan fingerprint density at radius 2 is 1.88 bits per heavy atom. The molecular weight excluding hydrogens is 214 g/mol. The van der Waals surface area contributed by atoms with Gasteiger partial charge >= 0.3 is 5.97 Å². The van der Waals surface area contributed by atoms with Crippen LogP contribution >= 0.6 is 0 Å². The van der Waals surface area contributed by atoms with Crippen molar-refractivity contribution in [3.8, 4) is 0 Å². The van der Waals surface area contributed by atoms with Crippen LogP contribution in [0.4, 0.5) is 0 Å². The predicted octanol–water partition coefficient (Wildman–Crippen LogP) is -0.0330. The monoisotopic (exact) mass is 230 g/mol. The number of imide groups is 1. The number of hydrogen-bond acceptors (Lipinski definition) is 5. The summed E-state index contributed by atoms with van der Waals surface area (Å²) in [5.74, 6) is -1.48. The third-order valence-corrected chi connectivity index (χ3v) is 2.22. The highest BCUT2D eigenvalue weighted by molar-refractivity contribution is 6.01. The number of carbonyl (C=O) groups excluding carboxylic acids is 3. The molecule has 0 aromatic rings. The van der Waals surface area contributed by atoms with Crippen LogP contribution < -0.4 is 5.73 Å². The van der Waals surface area contributed by atoms with Gasteiger partial charge in [-0.3, -0.25) is 9.59 Å². The molecule has 6 heteroatoms. The largest absolute Gasteiger partial charge is 0.349 e. The van der Waals surface area contributed by atoms with Gasteiger partial charge in [-0.2, -0.15) is 0 Å². The summed E-state index contributed by atoms with van der Waals surface area (Å²) in [7, 11) is 0. The van der Waals surface area contributed by atoms with Gasteiger partial charge in [0.1, 0.15) is 6.04 Å². The normalized spacial score (nSPS) is 18.1. The van der Waals surface area contributed by atoms with Crippen molar-refractivity contribution >= 4 is 17.8 Å². The molecular formula is C10H16N2O4. The highest BCUT2D eigenvalue weighted by Crippen LogP contribution is 2.13. The maximum absolute atomic E-state index is 11.4. The molecule has 1 atom stereocenters. The van der Waals surface area contributed by atoms with Crippen molar-refractivity contribution in [2.75, 3.05) is 0 Å². The highest BCUT2D eigenvalue weighted by Gasteiger charge is 2.34. The van der Waals surface area contributed by atoms with Gasteiger partial charge < -0.3 is 10.6 Å². The molecule has 1 fully saturated rings. The second-order valence-electron chi connectivity index (χ2n) is 4.23. The number of hydrogen-bond donors (Lipinski definition) is 1. The third kappa shape index (κ3) is 3.03. The second kappa shape index (κ2) is 5.07. The topological polar surface area (TPSA) is 89.7 Å². The van der Waals surface area contributed by atoms with Crippen LogP contribution in [0.5, 0.6) is 0 Å². The molecule has 16 heavy (non-hydrogen) atoms. The van der Waals surface area contributed by atoms with Crippen molar-refractivity contribution in [3.63, 3.8) is 0 Å². The number of nitrogens with two attached hydrogens (primary N) is 1. The van der Waals surface area contributed by atoms with E-state index in [1.54, 1.807) is 0 Å². The van der Waals surface area contributed by atoms with Gasteiger partial charge in [-0.25, -0.2) is 4.79 Å². The molecule has 2 N–H and O–H groups in total. The lowest BCUT2D eigenvalue weighted by Gasteiger charge is -2.17. The van der Waals surface area contributed by atoms with E-state index < -0.39 is 23.8 Å². The van der Waals surface area contributed by atoms with Crippen LogP contribution in [-0.2, 0) is 19.2 Å². The van der Waals surface area contributed by atoms with Gasteiger partial charge in [-0.15, -0.1) is 5.06 Å². The molecule has 1 heterocycles. The van der Waals surface area contributed by atoms with Gasteiger partial charge in [0.25, 0.3) is 11.8 Å². The summed E-state index contributed by atoms with van der Waals surface area (Å²) in [6.07, 6.45) is 0.631. The maximum Gasteiger partial charge on any atom is 0.349 e. The summed E-state index contributed by atoms with van der Waals surface area (Å²) < 4.78 is 0. The maximum atomic E-state index is 11.4. The average molecular weight is 230 g/mol. The summed E-state index contributed by atoms with van der Waals surface area (Å²) in [5.41, 5.74) is 5.56. The number of carbonyl (C=O) groups is 3. The second-order valence-corrected chi connectivity index (χ2v) is 4.23. The molecule has 0 aromatic carbocycles. The lowest BCUT2D eigenvalue weighted by atomic mass is 10.1. The Kier molecular flexibility index (Phi) is 4.00. The first-order chi connectivity index (χ1) is 7.41. The zero-order chi connectivity index (χ0) is 12.3. The molecule has 90 valence electrons. The van der Waals surface area contributed by atoms with E-state index in [0.717, 1.165) is 0 Å². The molecule has 0 aliphatic carbocycles. The molecule has 6 nitrogen and oxygen atoms in total. The quantitative estimate of drug-likeness (QED) is 0.416. The van der Waals surface area contributed by atoms with Gasteiger partial charge in [0, 0.05) is 12.8 Å². The van der Waals surface area contributed by atoms with E-state index in [9.17, 15) is 14.4 Å². The smallest absolute Gasteiger partial charge is 0.329 e. The summed E-state index contributed by atoms with van der Waals surface area (Å²) in [6.45, 7) is 3.83. The Morgan fingerprint density at radius 1 is 1.38 bits per heavy atom. The Hall–Kier alpha value is -1.43. The minimum absolute atomic E-state index is 0.0888. The molecule has 0 radical (unpaired) electrons. The fraction of sp³-hybridized carbons (Fsp3) is 0.700. The average Bonchev–Trinajstić information content (AvgIpc) is 2.48. The molecule has 1 unspecified atom stereocenters. The number of hydroxylamine groups is 2. The Bertz CT molecular complexity index is 298. The van der Waals surface area contributed by atoms with E-state index in [1.807, 2.05) is 13.8 Å². The molecule has 2 amide bonds. The first-order valence-corrected chi connectivity index (χ1v) is 5.25. The van der Waals surface area contributed by atoms with E-state index in [4.69, 9.17) is 5.73 Å². The molecule has 1 saturated heterocycles. The molecule has 1 aliphatic heterocycles. The Balaban J connectivity index is 2.50. The minimum atomic E-state index is -0.804. The van der Waals surface area contributed by atoms with Gasteiger partial charge in [0.15, 0.2) is 0 Å². The number of amides is 2. The minimum Gasteiger partial charge on any atom is -0.329 e. The highest BCUT2D eigenvalue weighted by atomic mass is 16.8. The van der Waals surface area contributed by atoms with Crippen LogP contribution in [0.3, 0.4) is 0 Å². The van der Waals surface area contributed by atoms with Crippen LogP contribution in [0, 0.1) is 5.92 Å². The van der Waals surface area contributed by atoms with Crippen LogP contribution in [-0.4, -0.2) is 28.9 Å². The van der Waals surface area contributed by atoms with Gasteiger partial charge in [-0.1, -0.05) is 13.8 Å². The Labute approximate surface area is 93.7 Å². The van der Waals surface area contributed by atoms with Gasteiger partial charge in [0.05, 0.1) is 0 Å². The van der Waals surface area contributed by atoms with E-state index in [-0.39, 0.29) is 18.8 Å². The third-order valence-electron chi connectivity index (χ3n) is 2.22. The van der Waals surface area contributed by atoms with E-state index >= 15 is 0 Å². The van der Waals surface area contributed by atoms with Crippen molar-refractivity contribution < 1.29 is 19.2 Å². The molecule has 1 aliphatic rings. The molecule has 1 rings (SSSR count). The molecule has 0 aromatic heterocycles. The molecule has 0 bridgehead atoms. The van der Waals surface area contributed by atoms with E-state index in [0.29, 0.717) is 11.5 Å². The van der Waals surface area contributed by atoms with Crippen molar-refractivity contribution in [2.45, 2.75) is 39.2 Å². The van der Waals surface area contributed by atoms with Crippen LogP contribution in [0.15, 0.2) is 0 Å². The lowest BCUT2D eigenvalue weighted by molar-refractivity contribution is -0.198. The fourth-order valence-corrected chi connectivity index (χ4v) is 1.42. The van der Waals surface area contributed by atoms with Crippen molar-refractivity contribution in [2.24, 2.45) is 11.7 Å². The predicted molar refractivity (Wildman–Crippen MR) is 54.6 cm³/mol. The van der Waals surface area contributed by atoms with Crippen molar-refractivity contribution in [3.05, 3.63) is 0 Å².